The van der Waals surface area contributed by atoms with Crippen LogP contribution >= 0.6 is 0 Å². The minimum atomic E-state index is 0.697. The summed E-state index contributed by atoms with van der Waals surface area (Å²) in [6.45, 7) is 0.729. The maximum Gasteiger partial charge on any atom is 0.216 e. The second kappa shape index (κ2) is 4.94. The van der Waals surface area contributed by atoms with E-state index in [2.05, 4.69) is 10.1 Å². The Hall–Kier alpha value is -1.62. The Morgan fingerprint density at radius 3 is 2.94 bits per heavy atom. The van der Waals surface area contributed by atoms with Crippen LogP contribution in [0.15, 0.2) is 18.2 Å². The number of methoxy groups -OCH3 is 2. The van der Waals surface area contributed by atoms with E-state index < -0.39 is 0 Å². The lowest BCUT2D eigenvalue weighted by atomic mass is 10.3. The molecule has 0 fully saturated rings. The molecule has 0 amide bonds. The first-order valence-corrected chi connectivity index (χ1v) is 5.22. The molecule has 0 aliphatic heterocycles. The molecule has 0 bridgehead atoms. The van der Waals surface area contributed by atoms with E-state index in [0.29, 0.717) is 5.88 Å². The van der Waals surface area contributed by atoms with Gasteiger partial charge in [0.25, 0.3) is 0 Å². The topological polar surface area (TPSA) is 48.7 Å². The van der Waals surface area contributed by atoms with Crippen molar-refractivity contribution in [2.24, 2.45) is 0 Å². The molecule has 0 radical (unpaired) electrons. The van der Waals surface area contributed by atoms with Crippen LogP contribution in [-0.2, 0) is 11.2 Å². The van der Waals surface area contributed by atoms with Crippen molar-refractivity contribution >= 4 is 5.65 Å². The molecule has 0 unspecified atom stereocenters. The van der Waals surface area contributed by atoms with Gasteiger partial charge in [-0.15, -0.1) is 5.10 Å². The van der Waals surface area contributed by atoms with Gasteiger partial charge in [-0.3, -0.25) is 0 Å². The summed E-state index contributed by atoms with van der Waals surface area (Å²) in [6.07, 6.45) is 1.74. The Morgan fingerprint density at radius 2 is 2.19 bits per heavy atom. The fraction of sp³-hybridized carbons (Fsp3) is 0.455. The highest BCUT2D eigenvalue weighted by Crippen LogP contribution is 2.12. The fourth-order valence-corrected chi connectivity index (χ4v) is 1.56. The number of aromatic nitrogens is 3. The predicted octanol–water partition coefficient (Wildman–Crippen LogP) is 1.32. The van der Waals surface area contributed by atoms with Gasteiger partial charge < -0.3 is 9.47 Å². The summed E-state index contributed by atoms with van der Waals surface area (Å²) < 4.78 is 11.9. The summed E-state index contributed by atoms with van der Waals surface area (Å²) in [4.78, 5) is 4.41. The van der Waals surface area contributed by atoms with Crippen molar-refractivity contribution < 1.29 is 9.47 Å². The maximum absolute atomic E-state index is 5.20. The van der Waals surface area contributed by atoms with Crippen LogP contribution in [-0.4, -0.2) is 35.4 Å². The molecule has 86 valence electrons. The van der Waals surface area contributed by atoms with E-state index in [1.54, 1.807) is 18.7 Å². The SMILES string of the molecule is COCCCc1nc2cccc(OC)n2n1. The van der Waals surface area contributed by atoms with Gasteiger partial charge in [-0.05, 0) is 12.5 Å². The highest BCUT2D eigenvalue weighted by atomic mass is 16.5. The van der Waals surface area contributed by atoms with E-state index in [0.717, 1.165) is 30.9 Å². The van der Waals surface area contributed by atoms with Crippen molar-refractivity contribution in [3.8, 4) is 5.88 Å². The smallest absolute Gasteiger partial charge is 0.216 e. The first kappa shape index (κ1) is 10.9. The number of fused-ring (bicyclic) bond motifs is 1. The Labute approximate surface area is 94.0 Å². The quantitative estimate of drug-likeness (QED) is 0.714. The highest BCUT2D eigenvalue weighted by molar-refractivity contribution is 5.40. The standard InChI is InChI=1S/C11H15N3O2/c1-15-8-4-5-9-12-10-6-3-7-11(16-2)14(10)13-9/h3,6-7H,4-5,8H2,1-2H3. The Morgan fingerprint density at radius 1 is 1.31 bits per heavy atom. The number of rotatable bonds is 5. The summed E-state index contributed by atoms with van der Waals surface area (Å²) in [5.74, 6) is 1.52. The molecule has 0 aromatic carbocycles. The molecule has 0 saturated carbocycles. The van der Waals surface area contributed by atoms with E-state index in [-0.39, 0.29) is 0 Å². The monoisotopic (exact) mass is 221 g/mol. The normalized spacial score (nSPS) is 10.9. The Balaban J connectivity index is 2.22. The number of aryl methyl sites for hydroxylation is 1. The van der Waals surface area contributed by atoms with Crippen LogP contribution in [0.1, 0.15) is 12.2 Å². The number of hydrogen-bond acceptors (Lipinski definition) is 4. The molecular weight excluding hydrogens is 206 g/mol. The number of nitrogens with zero attached hydrogens (tertiary/aromatic N) is 3. The third kappa shape index (κ3) is 2.14. The molecule has 0 atom stereocenters. The van der Waals surface area contributed by atoms with Crippen molar-refractivity contribution in [2.45, 2.75) is 12.8 Å². The van der Waals surface area contributed by atoms with Gasteiger partial charge in [-0.25, -0.2) is 4.98 Å². The molecule has 0 spiro atoms. The molecule has 0 aliphatic rings. The molecule has 16 heavy (non-hydrogen) atoms. The summed E-state index contributed by atoms with van der Waals surface area (Å²) in [5.41, 5.74) is 0.812. The van der Waals surface area contributed by atoms with Crippen molar-refractivity contribution in [1.29, 1.82) is 0 Å². The first-order chi connectivity index (χ1) is 7.85. The number of pyridine rings is 1. The molecule has 0 aliphatic carbocycles. The van der Waals surface area contributed by atoms with Crippen molar-refractivity contribution in [3.63, 3.8) is 0 Å². The van der Waals surface area contributed by atoms with E-state index in [9.17, 15) is 0 Å². The summed E-state index contributed by atoms with van der Waals surface area (Å²) in [6, 6.07) is 5.68. The van der Waals surface area contributed by atoms with Crippen molar-refractivity contribution in [3.05, 3.63) is 24.0 Å². The van der Waals surface area contributed by atoms with Gasteiger partial charge >= 0.3 is 0 Å². The molecule has 2 rings (SSSR count). The van der Waals surface area contributed by atoms with Gasteiger partial charge in [0.1, 0.15) is 0 Å². The average Bonchev–Trinajstić information content (AvgIpc) is 2.71. The van der Waals surface area contributed by atoms with E-state index in [1.807, 2.05) is 18.2 Å². The second-order valence-electron chi connectivity index (χ2n) is 3.46. The Bertz CT molecular complexity index is 467. The number of ether oxygens (including phenoxy) is 2. The maximum atomic E-state index is 5.20. The van der Waals surface area contributed by atoms with Gasteiger partial charge in [0.05, 0.1) is 7.11 Å². The third-order valence-corrected chi connectivity index (χ3v) is 2.33. The van der Waals surface area contributed by atoms with Gasteiger partial charge in [0, 0.05) is 26.2 Å². The van der Waals surface area contributed by atoms with Crippen LogP contribution in [0.4, 0.5) is 0 Å². The molecule has 2 heterocycles. The van der Waals surface area contributed by atoms with Crippen LogP contribution in [0.25, 0.3) is 5.65 Å². The third-order valence-electron chi connectivity index (χ3n) is 2.33. The highest BCUT2D eigenvalue weighted by Gasteiger charge is 2.06. The minimum Gasteiger partial charge on any atom is -0.481 e. The molecule has 5 heteroatoms. The largest absolute Gasteiger partial charge is 0.481 e. The molecule has 5 nitrogen and oxygen atoms in total. The molecule has 0 N–H and O–H groups in total. The zero-order valence-electron chi connectivity index (χ0n) is 9.51. The summed E-state index contributed by atoms with van der Waals surface area (Å²) in [5, 5.41) is 4.38. The van der Waals surface area contributed by atoms with Crippen LogP contribution in [0.3, 0.4) is 0 Å². The molecule has 0 saturated heterocycles. The lowest BCUT2D eigenvalue weighted by Gasteiger charge is -1.99. The zero-order valence-corrected chi connectivity index (χ0v) is 9.51. The lowest BCUT2D eigenvalue weighted by molar-refractivity contribution is 0.194. The summed E-state index contributed by atoms with van der Waals surface area (Å²) >= 11 is 0. The van der Waals surface area contributed by atoms with Gasteiger partial charge in [-0.1, -0.05) is 6.07 Å². The van der Waals surface area contributed by atoms with Gasteiger partial charge in [-0.2, -0.15) is 4.52 Å². The molecule has 2 aromatic rings. The van der Waals surface area contributed by atoms with Crippen LogP contribution in [0.5, 0.6) is 5.88 Å². The van der Waals surface area contributed by atoms with Gasteiger partial charge in [0.15, 0.2) is 11.5 Å². The fourth-order valence-electron chi connectivity index (χ4n) is 1.56. The summed E-state index contributed by atoms with van der Waals surface area (Å²) in [7, 11) is 3.32. The van der Waals surface area contributed by atoms with Crippen LogP contribution in [0.2, 0.25) is 0 Å². The first-order valence-electron chi connectivity index (χ1n) is 5.22. The number of hydrogen-bond donors (Lipinski definition) is 0. The molecular formula is C11H15N3O2. The van der Waals surface area contributed by atoms with Gasteiger partial charge in [0.2, 0.25) is 5.88 Å². The van der Waals surface area contributed by atoms with Crippen LogP contribution in [0, 0.1) is 0 Å². The Kier molecular flexibility index (Phi) is 3.36. The van der Waals surface area contributed by atoms with Crippen molar-refractivity contribution in [2.75, 3.05) is 20.8 Å². The molecule has 2 aromatic heterocycles. The van der Waals surface area contributed by atoms with Crippen molar-refractivity contribution in [1.82, 2.24) is 14.6 Å². The lowest BCUT2D eigenvalue weighted by Crippen LogP contribution is -1.97. The van der Waals surface area contributed by atoms with E-state index in [4.69, 9.17) is 9.47 Å². The second-order valence-corrected chi connectivity index (χ2v) is 3.46. The predicted molar refractivity (Wildman–Crippen MR) is 59.7 cm³/mol. The minimum absolute atomic E-state index is 0.697. The zero-order chi connectivity index (χ0) is 11.4. The van der Waals surface area contributed by atoms with E-state index in [1.165, 1.54) is 0 Å². The van der Waals surface area contributed by atoms with E-state index >= 15 is 0 Å². The average molecular weight is 221 g/mol. The van der Waals surface area contributed by atoms with Crippen LogP contribution < -0.4 is 4.74 Å².